The van der Waals surface area contributed by atoms with Crippen molar-refractivity contribution in [3.8, 4) is 17.3 Å². The number of para-hydroxylation sites is 1. The Morgan fingerprint density at radius 3 is 2.62 bits per heavy atom. The number of nitrogens with one attached hydrogen (secondary N) is 1. The number of carbonyl (C=O) groups is 3. The lowest BCUT2D eigenvalue weighted by molar-refractivity contribution is -0.159. The van der Waals surface area contributed by atoms with Crippen LogP contribution >= 0.6 is 0 Å². The van der Waals surface area contributed by atoms with E-state index >= 15 is 0 Å². The summed E-state index contributed by atoms with van der Waals surface area (Å²) >= 11 is 0. The smallest absolute Gasteiger partial charge is 0.408 e. The quantitative estimate of drug-likeness (QED) is 0.219. The number of alkyl carbamates (subject to hydrolysis) is 1. The molecule has 2 amide bonds. The summed E-state index contributed by atoms with van der Waals surface area (Å²) in [5.74, 6) is -0.179. The number of esters is 1. The predicted molar refractivity (Wildman–Crippen MR) is 173 cm³/mol. The zero-order chi connectivity index (χ0) is 34.3. The number of alkyl halides is 2. The summed E-state index contributed by atoms with van der Waals surface area (Å²) in [5, 5.41) is 3.30. The van der Waals surface area contributed by atoms with Crippen molar-refractivity contribution in [2.45, 2.75) is 71.5 Å². The number of rotatable bonds is 11. The number of imidazole rings is 1. The highest BCUT2D eigenvalue weighted by Crippen LogP contribution is 2.39. The molecule has 1 fully saturated rings. The number of hydrogen-bond donors (Lipinski definition) is 1. The average Bonchev–Trinajstić information content (AvgIpc) is 3.70. The van der Waals surface area contributed by atoms with E-state index in [-0.39, 0.29) is 24.8 Å². The lowest BCUT2D eigenvalue weighted by Gasteiger charge is -2.31. The minimum Gasteiger partial charge on any atom is -0.461 e. The molecule has 12 nitrogen and oxygen atoms in total. The van der Waals surface area contributed by atoms with E-state index in [4.69, 9.17) is 24.2 Å². The number of fused-ring (bicyclic) bond motifs is 3. The standard InChI is InChI=1S/C34H40F2N6O6/c1-6-46-32(44)28(36)47-26-9-7-8-20-14-25(42(27(20)26)17-19-10-11-19)30-39-24-15-22-23(38-29(24)40(30)5)12-13-41(31(22)43)18-21(16-35)37-33(45)48-34(2,3)4/h7-9,14-15,19,21,28H,6,10-13,16-18H2,1-5H3,(H,37,45). The third-order valence-electron chi connectivity index (χ3n) is 8.36. The van der Waals surface area contributed by atoms with Crippen LogP contribution in [0.4, 0.5) is 13.6 Å². The van der Waals surface area contributed by atoms with Crippen LogP contribution < -0.4 is 10.1 Å². The van der Waals surface area contributed by atoms with E-state index in [0.29, 0.717) is 59.2 Å². The van der Waals surface area contributed by atoms with E-state index < -0.39 is 36.7 Å². The molecule has 2 aliphatic rings. The Morgan fingerprint density at radius 2 is 1.94 bits per heavy atom. The van der Waals surface area contributed by atoms with E-state index in [0.717, 1.165) is 23.9 Å². The van der Waals surface area contributed by atoms with Crippen molar-refractivity contribution in [1.29, 1.82) is 0 Å². The highest BCUT2D eigenvalue weighted by molar-refractivity contribution is 5.99. The predicted octanol–water partition coefficient (Wildman–Crippen LogP) is 5.10. The molecule has 48 heavy (non-hydrogen) atoms. The number of halogens is 2. The van der Waals surface area contributed by atoms with Crippen LogP contribution in [-0.2, 0) is 34.3 Å². The lowest BCUT2D eigenvalue weighted by Crippen LogP contribution is -2.50. The molecule has 4 aromatic rings. The molecule has 3 aromatic heterocycles. The van der Waals surface area contributed by atoms with E-state index in [2.05, 4.69) is 5.32 Å². The van der Waals surface area contributed by atoms with Crippen molar-refractivity contribution in [2.75, 3.05) is 26.4 Å². The molecule has 6 rings (SSSR count). The van der Waals surface area contributed by atoms with E-state index in [1.54, 1.807) is 45.9 Å². The largest absolute Gasteiger partial charge is 0.461 e. The second-order valence-corrected chi connectivity index (χ2v) is 13.3. The Hall–Kier alpha value is -4.75. The molecule has 1 aliphatic carbocycles. The number of carbonyl (C=O) groups excluding carboxylic acids is 3. The number of hydrogen-bond acceptors (Lipinski definition) is 8. The number of pyridine rings is 1. The molecular weight excluding hydrogens is 626 g/mol. The van der Waals surface area contributed by atoms with Crippen LogP contribution in [-0.4, -0.2) is 86.3 Å². The topological polar surface area (TPSA) is 130 Å². The first-order chi connectivity index (χ1) is 22.9. The van der Waals surface area contributed by atoms with Gasteiger partial charge in [-0.3, -0.25) is 4.79 Å². The van der Waals surface area contributed by atoms with Gasteiger partial charge in [0.05, 0.1) is 35.1 Å². The van der Waals surface area contributed by atoms with Crippen LogP contribution in [0.1, 0.15) is 56.6 Å². The van der Waals surface area contributed by atoms with Crippen LogP contribution in [0.2, 0.25) is 0 Å². The van der Waals surface area contributed by atoms with E-state index in [9.17, 15) is 23.2 Å². The van der Waals surface area contributed by atoms with Gasteiger partial charge in [0.1, 0.15) is 23.5 Å². The van der Waals surface area contributed by atoms with Crippen molar-refractivity contribution >= 4 is 40.0 Å². The third kappa shape index (κ3) is 6.78. The van der Waals surface area contributed by atoms with Crippen molar-refractivity contribution in [1.82, 2.24) is 29.3 Å². The fourth-order valence-electron chi connectivity index (χ4n) is 6.00. The molecule has 0 radical (unpaired) electrons. The van der Waals surface area contributed by atoms with Crippen molar-refractivity contribution in [2.24, 2.45) is 13.0 Å². The number of ether oxygens (including phenoxy) is 3. The molecule has 0 saturated heterocycles. The number of benzene rings is 1. The van der Waals surface area contributed by atoms with Gasteiger partial charge >= 0.3 is 18.4 Å². The monoisotopic (exact) mass is 666 g/mol. The zero-order valence-corrected chi connectivity index (χ0v) is 27.7. The summed E-state index contributed by atoms with van der Waals surface area (Å²) in [7, 11) is 1.85. The Morgan fingerprint density at radius 1 is 1.17 bits per heavy atom. The van der Waals surface area contributed by atoms with Crippen LogP contribution in [0, 0.1) is 5.92 Å². The van der Waals surface area contributed by atoms with Gasteiger partial charge in [-0.15, -0.1) is 0 Å². The molecule has 0 spiro atoms. The van der Waals surface area contributed by atoms with Crippen LogP contribution in [0.25, 0.3) is 33.6 Å². The molecule has 256 valence electrons. The fourth-order valence-corrected chi connectivity index (χ4v) is 6.00. The molecule has 2 atom stereocenters. The van der Waals surface area contributed by atoms with Gasteiger partial charge in [-0.05, 0) is 64.7 Å². The molecule has 0 bridgehead atoms. The minimum atomic E-state index is -2.28. The number of aryl methyl sites for hydroxylation is 1. The highest BCUT2D eigenvalue weighted by atomic mass is 19.1. The summed E-state index contributed by atoms with van der Waals surface area (Å²) in [6.45, 7) is 6.83. The van der Waals surface area contributed by atoms with Gasteiger partial charge in [0.15, 0.2) is 11.5 Å². The first kappa shape index (κ1) is 33.2. The SMILES string of the molecule is CCOC(=O)C(F)Oc1cccc2cc(-c3nc4cc5c(nc4n3C)CCN(CC(CF)NC(=O)OC(C)(C)C)C5=O)n(CC3CC3)c12. The van der Waals surface area contributed by atoms with Crippen molar-refractivity contribution in [3.05, 3.63) is 41.6 Å². The first-order valence-corrected chi connectivity index (χ1v) is 16.2. The van der Waals surface area contributed by atoms with E-state index in [1.165, 1.54) is 4.90 Å². The highest BCUT2D eigenvalue weighted by Gasteiger charge is 2.32. The van der Waals surface area contributed by atoms with Crippen LogP contribution in [0.5, 0.6) is 5.75 Å². The Kier molecular flexibility index (Phi) is 9.01. The van der Waals surface area contributed by atoms with Gasteiger partial charge in [0.2, 0.25) is 0 Å². The van der Waals surface area contributed by atoms with Gasteiger partial charge in [0.25, 0.3) is 5.91 Å². The normalized spacial score (nSPS) is 16.1. The lowest BCUT2D eigenvalue weighted by atomic mass is 10.0. The number of aromatic nitrogens is 4. The average molecular weight is 667 g/mol. The Labute approximate surface area is 276 Å². The summed E-state index contributed by atoms with van der Waals surface area (Å²) in [6, 6.07) is 7.97. The van der Waals surface area contributed by atoms with Gasteiger partial charge in [-0.1, -0.05) is 12.1 Å². The molecule has 1 saturated carbocycles. The Balaban J connectivity index is 1.32. The zero-order valence-electron chi connectivity index (χ0n) is 27.7. The number of amides is 2. The summed E-state index contributed by atoms with van der Waals surface area (Å²) in [5.41, 5.74) is 2.72. The van der Waals surface area contributed by atoms with Gasteiger partial charge < -0.3 is 33.6 Å². The molecule has 1 aromatic carbocycles. The maximum Gasteiger partial charge on any atom is 0.408 e. The van der Waals surface area contributed by atoms with Gasteiger partial charge in [0, 0.05) is 38.5 Å². The summed E-state index contributed by atoms with van der Waals surface area (Å²) in [6.07, 6.45) is -0.470. The minimum absolute atomic E-state index is 0.0267. The second kappa shape index (κ2) is 13.0. The van der Waals surface area contributed by atoms with Gasteiger partial charge in [-0.25, -0.2) is 23.9 Å². The van der Waals surface area contributed by atoms with Gasteiger partial charge in [-0.2, -0.15) is 4.39 Å². The summed E-state index contributed by atoms with van der Waals surface area (Å²) < 4.78 is 48.1. The maximum atomic E-state index is 14.7. The van der Waals surface area contributed by atoms with Crippen LogP contribution in [0.15, 0.2) is 30.3 Å². The molecule has 1 aliphatic heterocycles. The van der Waals surface area contributed by atoms with Crippen molar-refractivity contribution < 1.29 is 37.4 Å². The third-order valence-corrected chi connectivity index (χ3v) is 8.36. The maximum absolute atomic E-state index is 14.7. The molecule has 14 heteroatoms. The molecule has 1 N–H and O–H groups in total. The molecule has 4 heterocycles. The molecular formula is C34H40F2N6O6. The first-order valence-electron chi connectivity index (χ1n) is 16.2. The fraction of sp³-hybridized carbons (Fsp3) is 0.500. The Bertz CT molecular complexity index is 1880. The number of nitrogens with zero attached hydrogens (tertiary/aromatic N) is 5. The summed E-state index contributed by atoms with van der Waals surface area (Å²) in [4.78, 5) is 49.1. The van der Waals surface area contributed by atoms with E-state index in [1.807, 2.05) is 28.3 Å². The molecule has 2 unspecified atom stereocenters. The second-order valence-electron chi connectivity index (χ2n) is 13.3. The van der Waals surface area contributed by atoms with Crippen LogP contribution in [0.3, 0.4) is 0 Å². The van der Waals surface area contributed by atoms with Crippen molar-refractivity contribution in [3.63, 3.8) is 0 Å².